The number of carbonyl (C=O) groups is 2. The number of nitrogens with zero attached hydrogens (tertiary/aromatic N) is 1. The fourth-order valence-electron chi connectivity index (χ4n) is 2.77. The zero-order valence-corrected chi connectivity index (χ0v) is 15.7. The molecule has 0 spiro atoms. The van der Waals surface area contributed by atoms with Gasteiger partial charge in [-0.05, 0) is 79.8 Å². The molecule has 1 aromatic rings. The van der Waals surface area contributed by atoms with Crippen molar-refractivity contribution in [3.05, 3.63) is 33.4 Å². The number of carbonyl (C=O) groups excluding carboxylic acids is 2. The fourth-order valence-corrected chi connectivity index (χ4v) is 3.13. The maximum Gasteiger partial charge on any atom is 0.410 e. The summed E-state index contributed by atoms with van der Waals surface area (Å²) in [4.78, 5) is 24.9. The molecule has 2 rings (SSSR count). The Morgan fingerprint density at radius 2 is 1.91 bits per heavy atom. The lowest BCUT2D eigenvalue weighted by Gasteiger charge is -2.28. The molecule has 0 N–H and O–H groups in total. The van der Waals surface area contributed by atoms with Crippen LogP contribution >= 0.6 is 22.6 Å². The van der Waals surface area contributed by atoms with Gasteiger partial charge >= 0.3 is 6.09 Å². The van der Waals surface area contributed by atoms with Crippen molar-refractivity contribution in [3.8, 4) is 0 Å². The summed E-state index contributed by atoms with van der Waals surface area (Å²) in [5.74, 6) is -1.13. The number of aliphatic carboxylic acids is 1. The maximum absolute atomic E-state index is 12.2. The third-order valence-electron chi connectivity index (χ3n) is 3.73. The summed E-state index contributed by atoms with van der Waals surface area (Å²) in [6.45, 7) is 5.66. The molecule has 1 heterocycles. The molecule has 1 amide bonds. The van der Waals surface area contributed by atoms with E-state index in [9.17, 15) is 14.7 Å². The average molecular weight is 430 g/mol. The topological polar surface area (TPSA) is 69.7 Å². The Hall–Kier alpha value is -1.31. The summed E-state index contributed by atoms with van der Waals surface area (Å²) < 4.78 is 6.46. The molecule has 1 fully saturated rings. The summed E-state index contributed by atoms with van der Waals surface area (Å²) >= 11 is 2.24. The van der Waals surface area contributed by atoms with Gasteiger partial charge in [0.1, 0.15) is 5.60 Å². The first-order valence-electron chi connectivity index (χ1n) is 7.60. The van der Waals surface area contributed by atoms with Gasteiger partial charge in [-0.1, -0.05) is 12.1 Å². The van der Waals surface area contributed by atoms with Crippen LogP contribution in [0.2, 0.25) is 0 Å². The Labute approximate surface area is 150 Å². The van der Waals surface area contributed by atoms with Crippen molar-refractivity contribution < 1.29 is 19.4 Å². The largest absolute Gasteiger partial charge is 0.548 e. The van der Waals surface area contributed by atoms with Crippen LogP contribution in [0.5, 0.6) is 0 Å². The molecule has 0 saturated carbocycles. The SMILES string of the molecule is CC(C)(C)OC(=O)N1C[C@H](Cc2ccc(I)cc2)C[C@H]1C(=O)[O-]. The van der Waals surface area contributed by atoms with Crippen molar-refractivity contribution in [3.63, 3.8) is 0 Å². The quantitative estimate of drug-likeness (QED) is 0.690. The van der Waals surface area contributed by atoms with Crippen LogP contribution in [0.15, 0.2) is 24.3 Å². The lowest BCUT2D eigenvalue weighted by Crippen LogP contribution is -2.48. The van der Waals surface area contributed by atoms with Crippen LogP contribution in [-0.4, -0.2) is 35.2 Å². The number of ether oxygens (including phenoxy) is 1. The van der Waals surface area contributed by atoms with E-state index in [0.717, 1.165) is 15.6 Å². The third kappa shape index (κ3) is 5.09. The maximum atomic E-state index is 12.2. The molecule has 126 valence electrons. The Kier molecular flexibility index (Phi) is 5.54. The first kappa shape index (κ1) is 18.0. The molecule has 1 aliphatic heterocycles. The van der Waals surface area contributed by atoms with E-state index in [2.05, 4.69) is 22.6 Å². The van der Waals surface area contributed by atoms with E-state index in [0.29, 0.717) is 13.0 Å². The Bertz CT molecular complexity index is 579. The van der Waals surface area contributed by atoms with Gasteiger partial charge in [0.25, 0.3) is 0 Å². The number of carboxylic acid groups (broad SMARTS) is 1. The number of carboxylic acids is 1. The monoisotopic (exact) mass is 430 g/mol. The van der Waals surface area contributed by atoms with Gasteiger partial charge in [-0.2, -0.15) is 0 Å². The molecular formula is C17H21INO4-. The summed E-state index contributed by atoms with van der Waals surface area (Å²) in [7, 11) is 0. The van der Waals surface area contributed by atoms with Crippen molar-refractivity contribution in [1.82, 2.24) is 4.90 Å². The van der Waals surface area contributed by atoms with Crippen LogP contribution in [0.1, 0.15) is 32.8 Å². The molecule has 1 aliphatic rings. The minimum atomic E-state index is -1.22. The van der Waals surface area contributed by atoms with Crippen LogP contribution in [-0.2, 0) is 16.0 Å². The van der Waals surface area contributed by atoms with Gasteiger partial charge in [0.15, 0.2) is 0 Å². The van der Waals surface area contributed by atoms with Crippen LogP contribution in [0.4, 0.5) is 4.79 Å². The third-order valence-corrected chi connectivity index (χ3v) is 4.44. The molecule has 2 atom stereocenters. The van der Waals surface area contributed by atoms with E-state index in [1.54, 1.807) is 20.8 Å². The minimum absolute atomic E-state index is 0.0884. The number of hydrogen-bond donors (Lipinski definition) is 0. The summed E-state index contributed by atoms with van der Waals surface area (Å²) in [5.41, 5.74) is 0.487. The van der Waals surface area contributed by atoms with E-state index in [1.807, 2.05) is 24.3 Å². The number of likely N-dealkylation sites (tertiary alicyclic amines) is 1. The van der Waals surface area contributed by atoms with E-state index in [-0.39, 0.29) is 5.92 Å². The van der Waals surface area contributed by atoms with Crippen LogP contribution in [0, 0.1) is 9.49 Å². The van der Waals surface area contributed by atoms with Crippen LogP contribution in [0.25, 0.3) is 0 Å². The van der Waals surface area contributed by atoms with Crippen molar-refractivity contribution >= 4 is 34.7 Å². The van der Waals surface area contributed by atoms with Gasteiger partial charge in [-0.15, -0.1) is 0 Å². The lowest BCUT2D eigenvalue weighted by molar-refractivity contribution is -0.310. The predicted molar refractivity (Wildman–Crippen MR) is 92.7 cm³/mol. The second-order valence-corrected chi connectivity index (χ2v) is 8.15. The average Bonchev–Trinajstić information content (AvgIpc) is 2.84. The number of hydrogen-bond acceptors (Lipinski definition) is 4. The minimum Gasteiger partial charge on any atom is -0.548 e. The Morgan fingerprint density at radius 3 is 2.43 bits per heavy atom. The molecule has 0 aliphatic carbocycles. The smallest absolute Gasteiger partial charge is 0.410 e. The molecule has 5 nitrogen and oxygen atoms in total. The Balaban J connectivity index is 2.06. The zero-order valence-electron chi connectivity index (χ0n) is 13.5. The van der Waals surface area contributed by atoms with Crippen molar-refractivity contribution in [2.45, 2.75) is 45.3 Å². The molecule has 23 heavy (non-hydrogen) atoms. The molecule has 0 bridgehead atoms. The zero-order chi connectivity index (χ0) is 17.2. The number of rotatable bonds is 3. The van der Waals surface area contributed by atoms with E-state index in [1.165, 1.54) is 4.90 Å². The summed E-state index contributed by atoms with van der Waals surface area (Å²) in [5, 5.41) is 11.4. The molecule has 0 radical (unpaired) electrons. The number of amides is 1. The van der Waals surface area contributed by atoms with Gasteiger partial charge in [0.05, 0.1) is 12.0 Å². The number of halogens is 1. The van der Waals surface area contributed by atoms with Crippen LogP contribution in [0.3, 0.4) is 0 Å². The second-order valence-electron chi connectivity index (χ2n) is 6.90. The highest BCUT2D eigenvalue weighted by Crippen LogP contribution is 2.28. The highest BCUT2D eigenvalue weighted by Gasteiger charge is 2.38. The molecule has 1 aromatic carbocycles. The van der Waals surface area contributed by atoms with Crippen molar-refractivity contribution in [2.24, 2.45) is 5.92 Å². The van der Waals surface area contributed by atoms with E-state index < -0.39 is 23.7 Å². The second kappa shape index (κ2) is 7.07. The summed E-state index contributed by atoms with van der Waals surface area (Å²) in [6.07, 6.45) is 0.546. The van der Waals surface area contributed by atoms with E-state index in [4.69, 9.17) is 4.74 Å². The van der Waals surface area contributed by atoms with Crippen molar-refractivity contribution in [2.75, 3.05) is 6.54 Å². The Morgan fingerprint density at radius 1 is 1.30 bits per heavy atom. The highest BCUT2D eigenvalue weighted by molar-refractivity contribution is 14.1. The fraction of sp³-hybridized carbons (Fsp3) is 0.529. The van der Waals surface area contributed by atoms with Crippen LogP contribution < -0.4 is 5.11 Å². The van der Waals surface area contributed by atoms with Gasteiger partial charge < -0.3 is 14.6 Å². The molecule has 6 heteroatoms. The molecule has 0 unspecified atom stereocenters. The molecule has 1 saturated heterocycles. The summed E-state index contributed by atoms with van der Waals surface area (Å²) in [6, 6.07) is 7.19. The van der Waals surface area contributed by atoms with Gasteiger partial charge in [-0.25, -0.2) is 4.79 Å². The predicted octanol–water partition coefficient (Wildman–Crippen LogP) is 2.21. The van der Waals surface area contributed by atoms with Gasteiger partial charge in [0.2, 0.25) is 0 Å². The standard InChI is InChI=1S/C17H22INO4/c1-17(2,3)23-16(22)19-10-12(9-14(19)15(20)21)8-11-4-6-13(18)7-5-11/h4-7,12,14H,8-10H2,1-3H3,(H,20,21)/p-1/t12-,14+/m1/s1. The van der Waals surface area contributed by atoms with Crippen molar-refractivity contribution in [1.29, 1.82) is 0 Å². The first-order chi connectivity index (χ1) is 10.7. The van der Waals surface area contributed by atoms with Gasteiger partial charge in [-0.3, -0.25) is 4.90 Å². The normalized spacial score (nSPS) is 21.3. The lowest BCUT2D eigenvalue weighted by atomic mass is 9.97. The first-order valence-corrected chi connectivity index (χ1v) is 8.68. The van der Waals surface area contributed by atoms with Gasteiger partial charge in [0, 0.05) is 10.1 Å². The van der Waals surface area contributed by atoms with E-state index >= 15 is 0 Å². The molecule has 0 aromatic heterocycles. The molecular weight excluding hydrogens is 409 g/mol. The number of benzene rings is 1. The highest BCUT2D eigenvalue weighted by atomic mass is 127.